The summed E-state index contributed by atoms with van der Waals surface area (Å²) in [5, 5.41) is 15.9. The highest BCUT2D eigenvalue weighted by Gasteiger charge is 2.15. The van der Waals surface area contributed by atoms with Crippen molar-refractivity contribution >= 4 is 22.1 Å². The van der Waals surface area contributed by atoms with Gasteiger partial charge < -0.3 is 0 Å². The number of nitrogens with zero attached hydrogens (tertiary/aromatic N) is 3. The lowest BCUT2D eigenvalue weighted by Crippen LogP contribution is -1.89. The van der Waals surface area contributed by atoms with E-state index in [2.05, 4.69) is 5.10 Å². The van der Waals surface area contributed by atoms with Crippen LogP contribution in [-0.4, -0.2) is 14.5 Å². The van der Waals surface area contributed by atoms with E-state index in [0.717, 1.165) is 10.9 Å². The number of aromatic nitrogens is 2. The first kappa shape index (κ1) is 8.84. The summed E-state index contributed by atoms with van der Waals surface area (Å²) in [5.74, 6) is 0. The number of hydrogen-bond acceptors (Lipinski definition) is 3. The maximum absolute atomic E-state index is 10.8. The maximum atomic E-state index is 10.8. The molecule has 0 N–H and O–H groups in total. The summed E-state index contributed by atoms with van der Waals surface area (Å²) in [4.78, 5) is 10.4. The van der Waals surface area contributed by atoms with Crippen molar-refractivity contribution in [2.24, 2.45) is 0 Å². The molecule has 0 aliphatic rings. The number of hydrogen-bond donors (Lipinski definition) is 0. The molecule has 3 rings (SSSR count). The van der Waals surface area contributed by atoms with Gasteiger partial charge in [-0.3, -0.25) is 10.1 Å². The minimum atomic E-state index is -0.408. The largest absolute Gasteiger partial charge is 0.297 e. The first-order valence-corrected chi connectivity index (χ1v) is 4.78. The van der Waals surface area contributed by atoms with E-state index in [4.69, 9.17) is 0 Å². The van der Waals surface area contributed by atoms with Gasteiger partial charge in [-0.25, -0.2) is 4.52 Å². The Bertz CT molecular complexity index is 703. The van der Waals surface area contributed by atoms with Crippen LogP contribution in [0.15, 0.2) is 42.6 Å². The van der Waals surface area contributed by atoms with Crippen molar-refractivity contribution in [3.05, 3.63) is 52.7 Å². The van der Waals surface area contributed by atoms with Crippen molar-refractivity contribution in [2.75, 3.05) is 0 Å². The van der Waals surface area contributed by atoms with E-state index in [1.807, 2.05) is 24.3 Å². The molecule has 0 atom stereocenters. The summed E-state index contributed by atoms with van der Waals surface area (Å²) in [5.41, 5.74) is 1.35. The smallest absolute Gasteiger partial charge is 0.258 e. The highest BCUT2D eigenvalue weighted by Crippen LogP contribution is 2.27. The molecule has 0 spiro atoms. The molecule has 2 heterocycles. The van der Waals surface area contributed by atoms with Crippen LogP contribution in [0.25, 0.3) is 16.4 Å². The molecule has 78 valence electrons. The Hall–Kier alpha value is -2.43. The average molecular weight is 213 g/mol. The van der Waals surface area contributed by atoms with Crippen molar-refractivity contribution in [3.8, 4) is 0 Å². The van der Waals surface area contributed by atoms with Crippen LogP contribution in [0, 0.1) is 10.1 Å². The van der Waals surface area contributed by atoms with Gasteiger partial charge in [-0.2, -0.15) is 5.10 Å². The van der Waals surface area contributed by atoms with Crippen LogP contribution in [0.5, 0.6) is 0 Å². The third-order valence-electron chi connectivity index (χ3n) is 2.53. The fourth-order valence-corrected chi connectivity index (χ4v) is 1.83. The van der Waals surface area contributed by atoms with E-state index in [1.165, 1.54) is 6.07 Å². The van der Waals surface area contributed by atoms with Crippen LogP contribution in [0.3, 0.4) is 0 Å². The van der Waals surface area contributed by atoms with Gasteiger partial charge in [0.2, 0.25) is 0 Å². The summed E-state index contributed by atoms with van der Waals surface area (Å²) >= 11 is 0. The molecular formula is C11H7N3O2. The molecule has 0 aliphatic heterocycles. The van der Waals surface area contributed by atoms with Crippen LogP contribution in [0.1, 0.15) is 0 Å². The summed E-state index contributed by atoms with van der Waals surface area (Å²) < 4.78 is 1.65. The summed E-state index contributed by atoms with van der Waals surface area (Å²) in [6, 6.07) is 10.6. The Morgan fingerprint density at radius 2 is 2.06 bits per heavy atom. The molecule has 16 heavy (non-hydrogen) atoms. The molecule has 2 aromatic heterocycles. The molecule has 5 heteroatoms. The SMILES string of the molecule is O=[N+]([O-])c1cccc2c1nn1ccccc21. The summed E-state index contributed by atoms with van der Waals surface area (Å²) in [7, 11) is 0. The van der Waals surface area contributed by atoms with E-state index in [9.17, 15) is 10.1 Å². The molecule has 1 aromatic carbocycles. The highest BCUT2D eigenvalue weighted by atomic mass is 16.6. The van der Waals surface area contributed by atoms with E-state index in [-0.39, 0.29) is 5.69 Å². The third kappa shape index (κ3) is 1.08. The van der Waals surface area contributed by atoms with Gasteiger partial charge in [0.05, 0.1) is 10.4 Å². The Morgan fingerprint density at radius 3 is 2.88 bits per heavy atom. The van der Waals surface area contributed by atoms with Crippen molar-refractivity contribution in [3.63, 3.8) is 0 Å². The fraction of sp³-hybridized carbons (Fsp3) is 0. The van der Waals surface area contributed by atoms with Gasteiger partial charge in [0.25, 0.3) is 5.69 Å². The number of pyridine rings is 1. The van der Waals surface area contributed by atoms with Gasteiger partial charge in [-0.05, 0) is 12.1 Å². The van der Waals surface area contributed by atoms with Crippen molar-refractivity contribution < 1.29 is 4.92 Å². The lowest BCUT2D eigenvalue weighted by Gasteiger charge is -1.91. The van der Waals surface area contributed by atoms with Gasteiger partial charge in [0.15, 0.2) is 5.52 Å². The summed E-state index contributed by atoms with van der Waals surface area (Å²) in [6.07, 6.45) is 1.78. The molecule has 5 nitrogen and oxygen atoms in total. The second kappa shape index (κ2) is 3.03. The minimum absolute atomic E-state index is 0.0428. The molecule has 0 saturated heterocycles. The van der Waals surface area contributed by atoms with Gasteiger partial charge in [0, 0.05) is 17.6 Å². The number of nitro groups is 1. The van der Waals surface area contributed by atoms with Crippen LogP contribution < -0.4 is 0 Å². The van der Waals surface area contributed by atoms with Crippen LogP contribution in [0.2, 0.25) is 0 Å². The second-order valence-corrected chi connectivity index (χ2v) is 3.46. The van der Waals surface area contributed by atoms with Crippen LogP contribution >= 0.6 is 0 Å². The van der Waals surface area contributed by atoms with Crippen LogP contribution in [0.4, 0.5) is 5.69 Å². The zero-order chi connectivity index (χ0) is 11.1. The Labute approximate surface area is 90.1 Å². The average Bonchev–Trinajstić information content (AvgIpc) is 2.67. The lowest BCUT2D eigenvalue weighted by molar-refractivity contribution is -0.383. The zero-order valence-corrected chi connectivity index (χ0v) is 8.20. The molecule has 0 aliphatic carbocycles. The molecule has 3 aromatic rings. The van der Waals surface area contributed by atoms with Gasteiger partial charge >= 0.3 is 0 Å². The summed E-state index contributed by atoms with van der Waals surface area (Å²) in [6.45, 7) is 0. The first-order chi connectivity index (χ1) is 7.77. The topological polar surface area (TPSA) is 60.4 Å². The molecule has 0 amide bonds. The van der Waals surface area contributed by atoms with Crippen LogP contribution in [-0.2, 0) is 0 Å². The fourth-order valence-electron chi connectivity index (χ4n) is 1.83. The number of nitro benzene ring substituents is 1. The molecular weight excluding hydrogens is 206 g/mol. The third-order valence-corrected chi connectivity index (χ3v) is 2.53. The Morgan fingerprint density at radius 1 is 1.19 bits per heavy atom. The van der Waals surface area contributed by atoms with Crippen molar-refractivity contribution in [1.82, 2.24) is 9.61 Å². The second-order valence-electron chi connectivity index (χ2n) is 3.46. The number of fused-ring (bicyclic) bond motifs is 3. The standard InChI is InChI=1S/C11H7N3O2/c15-14(16)10-6-3-4-8-9-5-1-2-7-13(9)12-11(8)10/h1-7H. The highest BCUT2D eigenvalue weighted by molar-refractivity contribution is 5.98. The number of non-ortho nitro benzene ring substituents is 1. The monoisotopic (exact) mass is 213 g/mol. The van der Waals surface area contributed by atoms with E-state index in [1.54, 1.807) is 16.8 Å². The molecule has 0 radical (unpaired) electrons. The predicted molar refractivity (Wildman–Crippen MR) is 59.4 cm³/mol. The van der Waals surface area contributed by atoms with Crippen molar-refractivity contribution in [1.29, 1.82) is 0 Å². The molecule has 0 saturated carbocycles. The van der Waals surface area contributed by atoms with Gasteiger partial charge in [0.1, 0.15) is 0 Å². The maximum Gasteiger partial charge on any atom is 0.297 e. The Kier molecular flexibility index (Phi) is 1.67. The predicted octanol–water partition coefficient (Wildman–Crippen LogP) is 2.40. The minimum Gasteiger partial charge on any atom is -0.258 e. The lowest BCUT2D eigenvalue weighted by atomic mass is 10.2. The number of benzene rings is 1. The normalized spacial score (nSPS) is 11.0. The molecule has 0 unspecified atom stereocenters. The first-order valence-electron chi connectivity index (χ1n) is 4.78. The zero-order valence-electron chi connectivity index (χ0n) is 8.20. The van der Waals surface area contributed by atoms with E-state index < -0.39 is 4.92 Å². The number of rotatable bonds is 1. The quantitative estimate of drug-likeness (QED) is 0.460. The van der Waals surface area contributed by atoms with Gasteiger partial charge in [-0.15, -0.1) is 0 Å². The Balaban J connectivity index is 2.54. The van der Waals surface area contributed by atoms with E-state index >= 15 is 0 Å². The molecule has 0 fully saturated rings. The van der Waals surface area contributed by atoms with E-state index in [0.29, 0.717) is 5.52 Å². The molecule has 0 bridgehead atoms. The van der Waals surface area contributed by atoms with Gasteiger partial charge in [-0.1, -0.05) is 18.2 Å². The van der Waals surface area contributed by atoms with Crippen molar-refractivity contribution in [2.45, 2.75) is 0 Å².